The zero-order valence-electron chi connectivity index (χ0n) is 4.35. The maximum Gasteiger partial charge on any atom is 0.178 e. The van der Waals surface area contributed by atoms with Crippen LogP contribution in [-0.2, 0) is 4.79 Å². The van der Waals surface area contributed by atoms with Crippen LogP contribution in [-0.4, -0.2) is 22.4 Å². The summed E-state index contributed by atoms with van der Waals surface area (Å²) in [5.74, 6) is -0.237. The summed E-state index contributed by atoms with van der Waals surface area (Å²) in [7, 11) is 0. The number of hydrogen-bond acceptors (Lipinski definition) is 2. The lowest BCUT2D eigenvalue weighted by Gasteiger charge is -1.97. The zero-order chi connectivity index (χ0) is 6.20. The Balaban J connectivity index is 2.46. The molecule has 0 atom stereocenters. The summed E-state index contributed by atoms with van der Waals surface area (Å²) in [5, 5.41) is 8.28. The Labute approximate surface area is 52.5 Å². The molecule has 0 saturated heterocycles. The number of aliphatic hydroxyl groups is 1. The predicted molar refractivity (Wildman–Crippen MR) is 29.9 cm³/mol. The molecule has 0 heterocycles. The highest BCUT2D eigenvalue weighted by Crippen LogP contribution is 2.42. The van der Waals surface area contributed by atoms with E-state index in [1.165, 1.54) is 0 Å². The number of Topliss-reactive ketones (excluding diaryl/α,β-unsaturated/α-hetero) is 1. The van der Waals surface area contributed by atoms with Gasteiger partial charge in [-0.25, -0.2) is 0 Å². The van der Waals surface area contributed by atoms with Gasteiger partial charge in [0, 0.05) is 0 Å². The van der Waals surface area contributed by atoms with Gasteiger partial charge in [0.25, 0.3) is 0 Å². The van der Waals surface area contributed by atoms with Crippen LogP contribution in [0, 0.1) is 0 Å². The molecule has 0 aromatic heterocycles. The second-order valence-electron chi connectivity index (χ2n) is 2.05. The standard InChI is InChI=1S/C5H7ClO2/c6-5(1-2-5)4(8)3-7/h7H,1-3H2. The van der Waals surface area contributed by atoms with Gasteiger partial charge in [0.05, 0.1) is 0 Å². The summed E-state index contributed by atoms with van der Waals surface area (Å²) in [4.78, 5) is 9.86. The van der Waals surface area contributed by atoms with Gasteiger partial charge in [0.2, 0.25) is 0 Å². The molecular formula is C5H7ClO2. The minimum absolute atomic E-state index is 0.237. The molecule has 0 bridgehead atoms. The van der Waals surface area contributed by atoms with Crippen LogP contribution in [0.15, 0.2) is 0 Å². The van der Waals surface area contributed by atoms with Crippen molar-refractivity contribution in [1.82, 2.24) is 0 Å². The topological polar surface area (TPSA) is 37.3 Å². The Morgan fingerprint density at radius 3 is 2.38 bits per heavy atom. The summed E-state index contributed by atoms with van der Waals surface area (Å²) in [6.45, 7) is -0.413. The highest BCUT2D eigenvalue weighted by molar-refractivity contribution is 6.37. The number of alkyl halides is 1. The molecule has 1 N–H and O–H groups in total. The first kappa shape index (κ1) is 6.05. The van der Waals surface area contributed by atoms with Crippen LogP contribution in [0.3, 0.4) is 0 Å². The van der Waals surface area contributed by atoms with Crippen molar-refractivity contribution in [2.75, 3.05) is 6.61 Å². The zero-order valence-corrected chi connectivity index (χ0v) is 5.11. The Hall–Kier alpha value is -0.0800. The van der Waals surface area contributed by atoms with Crippen LogP contribution >= 0.6 is 11.6 Å². The molecule has 0 spiro atoms. The van der Waals surface area contributed by atoms with Gasteiger partial charge < -0.3 is 5.11 Å². The molecule has 1 saturated carbocycles. The summed E-state index contributed by atoms with van der Waals surface area (Å²) in [6, 6.07) is 0. The number of hydrogen-bond donors (Lipinski definition) is 1. The molecule has 0 radical (unpaired) electrons. The molecule has 1 aliphatic rings. The van der Waals surface area contributed by atoms with Gasteiger partial charge >= 0.3 is 0 Å². The van der Waals surface area contributed by atoms with Gasteiger partial charge in [-0.2, -0.15) is 0 Å². The maximum absolute atomic E-state index is 10.5. The number of halogens is 1. The third kappa shape index (κ3) is 0.858. The number of rotatable bonds is 2. The fourth-order valence-electron chi connectivity index (χ4n) is 0.530. The van der Waals surface area contributed by atoms with Gasteiger partial charge in [-0.3, -0.25) is 4.79 Å². The first-order chi connectivity index (χ1) is 3.69. The van der Waals surface area contributed by atoms with E-state index in [0.29, 0.717) is 0 Å². The second kappa shape index (κ2) is 1.71. The lowest BCUT2D eigenvalue weighted by atomic mass is 10.3. The average Bonchev–Trinajstić information content (AvgIpc) is 2.47. The van der Waals surface area contributed by atoms with E-state index in [9.17, 15) is 4.79 Å². The van der Waals surface area contributed by atoms with Crippen LogP contribution in [0.1, 0.15) is 12.8 Å². The summed E-state index contributed by atoms with van der Waals surface area (Å²) >= 11 is 5.59. The van der Waals surface area contributed by atoms with Crippen molar-refractivity contribution >= 4 is 17.4 Å². The first-order valence-electron chi connectivity index (χ1n) is 2.52. The van der Waals surface area contributed by atoms with Gasteiger partial charge in [-0.1, -0.05) is 0 Å². The van der Waals surface area contributed by atoms with Crippen LogP contribution in [0.2, 0.25) is 0 Å². The van der Waals surface area contributed by atoms with E-state index in [0.717, 1.165) is 12.8 Å². The van der Waals surface area contributed by atoms with E-state index in [-0.39, 0.29) is 5.78 Å². The monoisotopic (exact) mass is 134 g/mol. The minimum Gasteiger partial charge on any atom is -0.389 e. The van der Waals surface area contributed by atoms with Crippen LogP contribution in [0.25, 0.3) is 0 Å². The van der Waals surface area contributed by atoms with E-state index in [4.69, 9.17) is 16.7 Å². The SMILES string of the molecule is O=C(CO)C1(Cl)CC1. The lowest BCUT2D eigenvalue weighted by Crippen LogP contribution is -2.18. The molecule has 0 aromatic rings. The quantitative estimate of drug-likeness (QED) is 0.553. The van der Waals surface area contributed by atoms with Crippen molar-refractivity contribution in [3.8, 4) is 0 Å². The predicted octanol–water partition coefficient (Wildman–Crippen LogP) is 0.319. The normalized spacial score (nSPS) is 22.8. The highest BCUT2D eigenvalue weighted by Gasteiger charge is 2.46. The van der Waals surface area contributed by atoms with E-state index in [2.05, 4.69) is 0 Å². The average molecular weight is 135 g/mol. The molecule has 1 rings (SSSR count). The van der Waals surface area contributed by atoms with Crippen LogP contribution in [0.5, 0.6) is 0 Å². The first-order valence-corrected chi connectivity index (χ1v) is 2.90. The molecular weight excluding hydrogens is 128 g/mol. The van der Waals surface area contributed by atoms with Gasteiger partial charge in [0.15, 0.2) is 5.78 Å². The lowest BCUT2D eigenvalue weighted by molar-refractivity contribution is -0.122. The number of carbonyl (C=O) groups excluding carboxylic acids is 1. The number of aliphatic hydroxyl groups excluding tert-OH is 1. The Morgan fingerprint density at radius 1 is 1.75 bits per heavy atom. The molecule has 2 nitrogen and oxygen atoms in total. The van der Waals surface area contributed by atoms with E-state index < -0.39 is 11.5 Å². The highest BCUT2D eigenvalue weighted by atomic mass is 35.5. The molecule has 8 heavy (non-hydrogen) atoms. The van der Waals surface area contributed by atoms with Gasteiger partial charge in [-0.15, -0.1) is 11.6 Å². The van der Waals surface area contributed by atoms with E-state index in [1.54, 1.807) is 0 Å². The fourth-order valence-corrected chi connectivity index (χ4v) is 0.685. The molecule has 0 aliphatic heterocycles. The molecule has 0 unspecified atom stereocenters. The van der Waals surface area contributed by atoms with Crippen molar-refractivity contribution in [3.63, 3.8) is 0 Å². The minimum atomic E-state index is -0.658. The maximum atomic E-state index is 10.5. The Morgan fingerprint density at radius 2 is 2.25 bits per heavy atom. The number of carbonyl (C=O) groups is 1. The van der Waals surface area contributed by atoms with Gasteiger partial charge in [0.1, 0.15) is 11.5 Å². The molecule has 1 fully saturated rings. The smallest absolute Gasteiger partial charge is 0.178 e. The Bertz CT molecular complexity index is 118. The van der Waals surface area contributed by atoms with Crippen molar-refractivity contribution < 1.29 is 9.90 Å². The van der Waals surface area contributed by atoms with Crippen molar-refractivity contribution in [1.29, 1.82) is 0 Å². The summed E-state index contributed by atoms with van der Waals surface area (Å²) < 4.78 is 0. The Kier molecular flexibility index (Phi) is 1.29. The summed E-state index contributed by atoms with van der Waals surface area (Å²) in [5.41, 5.74) is 0. The molecule has 0 aromatic carbocycles. The van der Waals surface area contributed by atoms with E-state index >= 15 is 0 Å². The second-order valence-corrected chi connectivity index (χ2v) is 2.77. The van der Waals surface area contributed by atoms with Crippen molar-refractivity contribution in [2.24, 2.45) is 0 Å². The van der Waals surface area contributed by atoms with E-state index in [1.807, 2.05) is 0 Å². The number of ketones is 1. The summed E-state index contributed by atoms with van der Waals surface area (Å²) in [6.07, 6.45) is 1.46. The molecule has 0 amide bonds. The van der Waals surface area contributed by atoms with Gasteiger partial charge in [-0.05, 0) is 12.8 Å². The van der Waals surface area contributed by atoms with Crippen molar-refractivity contribution in [3.05, 3.63) is 0 Å². The molecule has 46 valence electrons. The fraction of sp³-hybridized carbons (Fsp3) is 0.800. The van der Waals surface area contributed by atoms with Crippen LogP contribution < -0.4 is 0 Å². The van der Waals surface area contributed by atoms with Crippen molar-refractivity contribution in [2.45, 2.75) is 17.7 Å². The van der Waals surface area contributed by atoms with Crippen LogP contribution in [0.4, 0.5) is 0 Å². The third-order valence-corrected chi connectivity index (χ3v) is 1.92. The molecule has 3 heteroatoms. The largest absolute Gasteiger partial charge is 0.389 e. The molecule has 1 aliphatic carbocycles. The third-order valence-electron chi connectivity index (χ3n) is 1.33.